The van der Waals surface area contributed by atoms with Gasteiger partial charge in [0.1, 0.15) is 18.1 Å². The lowest BCUT2D eigenvalue weighted by atomic mass is 10.1. The summed E-state index contributed by atoms with van der Waals surface area (Å²) in [5.74, 6) is -0.0173. The summed E-state index contributed by atoms with van der Waals surface area (Å²) in [6.45, 7) is -0.105. The number of phosphoric ester groups is 2. The molecule has 0 amide bonds. The molecule has 322 valence electrons. The van der Waals surface area contributed by atoms with Crippen molar-refractivity contribution in [2.24, 2.45) is 5.11 Å². The Bertz CT molecular complexity index is 1990. The van der Waals surface area contributed by atoms with Crippen LogP contribution in [0.5, 0.6) is 0 Å². The highest BCUT2D eigenvalue weighted by atomic mass is 31.3. The molecular formula is C21H39N5O24P6. The molecular weight excluding hydrogens is 892 g/mol. The molecule has 0 spiro atoms. The quantitative estimate of drug-likeness (QED) is 0.0206. The highest BCUT2D eigenvalue weighted by Gasteiger charge is 2.50. The Kier molecular flexibility index (Phi) is 19.5. The molecule has 1 aromatic heterocycles. The number of aliphatic hydroxyl groups excluding tert-OH is 1. The fourth-order valence-corrected chi connectivity index (χ4v) is 12.3. The summed E-state index contributed by atoms with van der Waals surface area (Å²) < 4.78 is 106. The van der Waals surface area contributed by atoms with E-state index in [0.717, 1.165) is 10.8 Å². The van der Waals surface area contributed by atoms with Gasteiger partial charge in [-0.15, -0.1) is 0 Å². The Balaban J connectivity index is 1.81. The zero-order valence-electron chi connectivity index (χ0n) is 28.8. The van der Waals surface area contributed by atoms with Crippen LogP contribution in [0, 0.1) is 6.92 Å². The van der Waals surface area contributed by atoms with Crippen LogP contribution < -0.4 is 11.2 Å². The maximum absolute atomic E-state index is 12.2. The van der Waals surface area contributed by atoms with Crippen molar-refractivity contribution >= 4 is 52.7 Å². The molecule has 7 unspecified atom stereocenters. The molecule has 1 saturated heterocycles. The molecule has 0 saturated carbocycles. The van der Waals surface area contributed by atoms with E-state index in [1.54, 1.807) is 0 Å². The first-order valence-corrected chi connectivity index (χ1v) is 24.6. The third-order valence-corrected chi connectivity index (χ3v) is 16.0. The van der Waals surface area contributed by atoms with Gasteiger partial charge in [0.05, 0.1) is 19.3 Å². The molecule has 1 aliphatic rings. The van der Waals surface area contributed by atoms with Gasteiger partial charge in [-0.05, 0) is 31.7 Å². The molecule has 29 nitrogen and oxygen atoms in total. The molecule has 1 aliphatic heterocycles. The second-order valence-corrected chi connectivity index (χ2v) is 20.8. The summed E-state index contributed by atoms with van der Waals surface area (Å²) in [5.41, 5.74) is 6.63. The topological polar surface area (TPSA) is 439 Å². The van der Waals surface area contributed by atoms with Gasteiger partial charge in [0.15, 0.2) is 0 Å². The summed E-state index contributed by atoms with van der Waals surface area (Å²) in [6.07, 6.45) is -0.341. The van der Waals surface area contributed by atoms with Gasteiger partial charge in [-0.2, -0.15) is 21.6 Å². The van der Waals surface area contributed by atoms with E-state index in [1.807, 2.05) is 4.98 Å². The number of rotatable bonds is 27. The van der Waals surface area contributed by atoms with E-state index in [2.05, 4.69) is 40.6 Å². The zero-order chi connectivity index (χ0) is 42.6. The number of aryl methyl sites for hydroxylation is 1. The number of aromatic nitrogens is 2. The lowest BCUT2D eigenvalue weighted by molar-refractivity contribution is -0.119. The number of phosphoric acid groups is 6. The molecule has 2 rings (SSSR count). The summed E-state index contributed by atoms with van der Waals surface area (Å²) >= 11 is 0. The SMILES string of the molecule is Cc1cn([C@H]2CC(O)[C@@H](COP(=O)(O)OP(=O)(O)OP(=O)(O)OP(=O)(O)OP(=O)(O)OP(=O)(O)OCCCCCCCC(=O)CCCN=[N+]=[N-])O2)c(=O)[nH]c1=O. The van der Waals surface area contributed by atoms with Crippen LogP contribution in [-0.4, -0.2) is 81.8 Å². The number of ether oxygens (including phenoxy) is 1. The number of nitrogens with zero attached hydrogens (tertiary/aromatic N) is 4. The van der Waals surface area contributed by atoms with Crippen LogP contribution in [-0.2, 0) is 67.5 Å². The van der Waals surface area contributed by atoms with Crippen molar-refractivity contribution in [2.45, 2.75) is 83.1 Å². The molecule has 56 heavy (non-hydrogen) atoms. The monoisotopic (exact) mass is 931 g/mol. The molecule has 0 aliphatic carbocycles. The molecule has 0 bridgehead atoms. The van der Waals surface area contributed by atoms with Crippen molar-refractivity contribution < 1.29 is 102 Å². The number of azide groups is 1. The number of carbonyl (C=O) groups excluding carboxylic acids is 1. The highest BCUT2D eigenvalue weighted by molar-refractivity contribution is 7.72. The lowest BCUT2D eigenvalue weighted by Gasteiger charge is -2.21. The standard InChI is InChI=1S/C21H39N5O24P6/c1-15-13-26(21(30)24-20(15)29)19-12-17(28)18(45-19)14-44-52(33,34)47-54(37,38)49-56(41,42)50-55(39,40)48-53(35,36)46-51(31,32)43-11-6-4-2-3-5-8-16(27)9-7-10-23-25-22/h13,17-19,28H,2-12,14H2,1H3,(H,31,32)(H,33,34)(H,35,36)(H,37,38)(H,39,40)(H,41,42)(H,24,29,30)/t17?,18-,19-/m1/s1. The third-order valence-electron chi connectivity index (χ3n) is 6.73. The number of aromatic amines is 1. The van der Waals surface area contributed by atoms with Crippen molar-refractivity contribution in [1.29, 1.82) is 0 Å². The van der Waals surface area contributed by atoms with E-state index in [9.17, 15) is 76.2 Å². The van der Waals surface area contributed by atoms with Gasteiger partial charge in [-0.25, -0.2) is 32.2 Å². The third kappa shape index (κ3) is 19.5. The lowest BCUT2D eigenvalue weighted by Crippen LogP contribution is -2.33. The van der Waals surface area contributed by atoms with Gasteiger partial charge in [0.25, 0.3) is 5.56 Å². The average Bonchev–Trinajstić information content (AvgIpc) is 3.38. The van der Waals surface area contributed by atoms with Crippen molar-refractivity contribution in [3.05, 3.63) is 43.0 Å². The Morgan fingerprint density at radius 3 is 1.86 bits per heavy atom. The molecule has 1 aromatic rings. The zero-order valence-corrected chi connectivity index (χ0v) is 34.2. The van der Waals surface area contributed by atoms with E-state index in [4.69, 9.17) is 10.3 Å². The Morgan fingerprint density at radius 2 is 1.30 bits per heavy atom. The number of carbonyl (C=O) groups is 1. The molecule has 0 radical (unpaired) electrons. The summed E-state index contributed by atoms with van der Waals surface area (Å²) in [6, 6.07) is 0. The van der Waals surface area contributed by atoms with Gasteiger partial charge >= 0.3 is 52.6 Å². The summed E-state index contributed by atoms with van der Waals surface area (Å²) in [4.78, 5) is 98.0. The molecule has 2 heterocycles. The van der Waals surface area contributed by atoms with Gasteiger partial charge in [-0.1, -0.05) is 24.4 Å². The first-order valence-electron chi connectivity index (χ1n) is 15.7. The molecule has 35 heteroatoms. The number of unbranched alkanes of at least 4 members (excludes halogenated alkanes) is 4. The second kappa shape index (κ2) is 21.6. The van der Waals surface area contributed by atoms with E-state index in [-0.39, 0.29) is 37.2 Å². The van der Waals surface area contributed by atoms with Crippen LogP contribution in [0.2, 0.25) is 0 Å². The minimum atomic E-state index is -6.48. The maximum atomic E-state index is 12.2. The first kappa shape index (κ1) is 50.6. The largest absolute Gasteiger partial charge is 0.490 e. The molecule has 8 N–H and O–H groups in total. The number of aliphatic hydroxyl groups is 1. The molecule has 1 fully saturated rings. The van der Waals surface area contributed by atoms with Gasteiger partial charge < -0.3 is 39.2 Å². The van der Waals surface area contributed by atoms with Gasteiger partial charge in [-0.3, -0.25) is 28.2 Å². The van der Waals surface area contributed by atoms with Gasteiger partial charge in [0.2, 0.25) is 0 Å². The van der Waals surface area contributed by atoms with Crippen molar-refractivity contribution in [1.82, 2.24) is 9.55 Å². The Labute approximate surface area is 315 Å². The van der Waals surface area contributed by atoms with E-state index in [1.165, 1.54) is 6.92 Å². The minimum absolute atomic E-state index is 0.0173. The maximum Gasteiger partial charge on any atom is 0.490 e. The fraction of sp³-hybridized carbons (Fsp3) is 0.762. The molecule has 0 aromatic carbocycles. The van der Waals surface area contributed by atoms with E-state index < -0.39 is 89.8 Å². The van der Waals surface area contributed by atoms with Crippen molar-refractivity contribution in [3.8, 4) is 0 Å². The highest BCUT2D eigenvalue weighted by Crippen LogP contribution is 2.75. The van der Waals surface area contributed by atoms with E-state index in [0.29, 0.717) is 38.5 Å². The number of Topliss-reactive ketones (excluding diaryl/α,β-unsaturated/α-hetero) is 1. The summed E-state index contributed by atoms with van der Waals surface area (Å²) in [5, 5.41) is 13.5. The van der Waals surface area contributed by atoms with Crippen LogP contribution in [0.3, 0.4) is 0 Å². The number of hydrogen-bond donors (Lipinski definition) is 8. The van der Waals surface area contributed by atoms with E-state index >= 15 is 0 Å². The van der Waals surface area contributed by atoms with Crippen LogP contribution in [0.4, 0.5) is 0 Å². The number of hydrogen-bond acceptors (Lipinski definition) is 19. The number of nitrogens with one attached hydrogen (secondary N) is 1. The van der Waals surface area contributed by atoms with Crippen LogP contribution >= 0.6 is 46.9 Å². The van der Waals surface area contributed by atoms with Crippen LogP contribution in [0.15, 0.2) is 20.9 Å². The summed E-state index contributed by atoms with van der Waals surface area (Å²) in [7, 11) is -36.8. The smallest absolute Gasteiger partial charge is 0.390 e. The Hall–Kier alpha value is -1.56. The first-order chi connectivity index (χ1) is 25.7. The second-order valence-electron chi connectivity index (χ2n) is 11.4. The van der Waals surface area contributed by atoms with Crippen molar-refractivity contribution in [2.75, 3.05) is 19.8 Å². The predicted molar refractivity (Wildman–Crippen MR) is 183 cm³/mol. The van der Waals surface area contributed by atoms with Crippen LogP contribution in [0.25, 0.3) is 10.4 Å². The average molecular weight is 931 g/mol. The normalized spacial score (nSPS) is 23.7. The molecule has 9 atom stereocenters. The van der Waals surface area contributed by atoms with Crippen LogP contribution in [0.1, 0.15) is 69.6 Å². The number of ketones is 1. The van der Waals surface area contributed by atoms with Gasteiger partial charge in [0, 0.05) is 42.5 Å². The predicted octanol–water partition coefficient (Wildman–Crippen LogP) is 3.21. The fourth-order valence-electron chi connectivity index (χ4n) is 4.41. The minimum Gasteiger partial charge on any atom is -0.390 e. The Morgan fingerprint density at radius 1 is 0.821 bits per heavy atom. The number of H-pyrrole nitrogens is 1. The van der Waals surface area contributed by atoms with Crippen molar-refractivity contribution in [3.63, 3.8) is 0 Å².